The van der Waals surface area contributed by atoms with E-state index in [0.717, 1.165) is 6.26 Å². The fourth-order valence-corrected chi connectivity index (χ4v) is 4.72. The number of piperidine rings is 1. The smallest absolute Gasteiger partial charge is 0.243 e. The highest BCUT2D eigenvalue weighted by atomic mass is 32.2. The van der Waals surface area contributed by atoms with Gasteiger partial charge in [0.25, 0.3) is 0 Å². The zero-order chi connectivity index (χ0) is 16.4. The number of benzene rings is 1. The third-order valence-electron chi connectivity index (χ3n) is 3.53. The second-order valence-corrected chi connectivity index (χ2v) is 8.96. The number of hydrogen-bond acceptors (Lipinski definition) is 5. The van der Waals surface area contributed by atoms with Crippen molar-refractivity contribution in [1.29, 1.82) is 0 Å². The molecule has 9 heteroatoms. The standard InChI is InChI=1S/C13H20N2O5S2/c1-20-12-3-5-13(6-4-12)22(18,19)15-9-7-11(8-10-15)14-21(2,16)17/h3-6,11,14H,7-10H2,1-2H3. The normalized spacial score (nSPS) is 18.3. The fraction of sp³-hybridized carbons (Fsp3) is 0.538. The van der Waals surface area contributed by atoms with E-state index in [1.165, 1.54) is 23.5 Å². The summed E-state index contributed by atoms with van der Waals surface area (Å²) in [4.78, 5) is 0.211. The molecular weight excluding hydrogens is 328 g/mol. The van der Waals surface area contributed by atoms with E-state index >= 15 is 0 Å². The molecule has 1 aromatic carbocycles. The zero-order valence-corrected chi connectivity index (χ0v) is 14.2. The van der Waals surface area contributed by atoms with E-state index < -0.39 is 20.0 Å². The van der Waals surface area contributed by atoms with Crippen molar-refractivity contribution in [2.45, 2.75) is 23.8 Å². The number of sulfonamides is 2. The summed E-state index contributed by atoms with van der Waals surface area (Å²) >= 11 is 0. The monoisotopic (exact) mass is 348 g/mol. The van der Waals surface area contributed by atoms with E-state index in [4.69, 9.17) is 4.74 Å². The highest BCUT2D eigenvalue weighted by Gasteiger charge is 2.30. The van der Waals surface area contributed by atoms with Crippen LogP contribution in [-0.4, -0.2) is 53.6 Å². The number of rotatable bonds is 5. The van der Waals surface area contributed by atoms with E-state index in [2.05, 4.69) is 4.72 Å². The Morgan fingerprint density at radius 1 is 1.09 bits per heavy atom. The maximum atomic E-state index is 12.5. The van der Waals surface area contributed by atoms with Gasteiger partial charge in [-0.15, -0.1) is 0 Å². The maximum absolute atomic E-state index is 12.5. The zero-order valence-electron chi connectivity index (χ0n) is 12.5. The SMILES string of the molecule is COc1ccc(S(=O)(=O)N2CCC(NS(C)(=O)=O)CC2)cc1. The molecule has 1 fully saturated rings. The summed E-state index contributed by atoms with van der Waals surface area (Å²) < 4.78 is 56.4. The van der Waals surface area contributed by atoms with E-state index in [9.17, 15) is 16.8 Å². The summed E-state index contributed by atoms with van der Waals surface area (Å²) in [7, 11) is -5.31. The minimum atomic E-state index is -3.55. The van der Waals surface area contributed by atoms with E-state index in [1.807, 2.05) is 0 Å². The average Bonchev–Trinajstić information content (AvgIpc) is 2.46. The largest absolute Gasteiger partial charge is 0.497 e. The first-order chi connectivity index (χ1) is 10.2. The van der Waals surface area contributed by atoms with Crippen molar-refractivity contribution >= 4 is 20.0 Å². The predicted molar refractivity (Wildman–Crippen MR) is 82.8 cm³/mol. The van der Waals surface area contributed by atoms with Gasteiger partial charge in [0.2, 0.25) is 20.0 Å². The van der Waals surface area contributed by atoms with Crippen molar-refractivity contribution in [2.24, 2.45) is 0 Å². The van der Waals surface area contributed by atoms with Gasteiger partial charge in [-0.1, -0.05) is 0 Å². The average molecular weight is 348 g/mol. The van der Waals surface area contributed by atoms with Crippen molar-refractivity contribution in [2.75, 3.05) is 26.5 Å². The van der Waals surface area contributed by atoms with Gasteiger partial charge in [-0.3, -0.25) is 0 Å². The molecule has 0 radical (unpaired) electrons. The molecule has 0 unspecified atom stereocenters. The molecular formula is C13H20N2O5S2. The third-order valence-corrected chi connectivity index (χ3v) is 6.21. The molecule has 0 aromatic heterocycles. The Morgan fingerprint density at radius 3 is 2.09 bits per heavy atom. The molecule has 0 spiro atoms. The number of methoxy groups -OCH3 is 1. The Kier molecular flexibility index (Phi) is 5.10. The van der Waals surface area contributed by atoms with Gasteiger partial charge in [0, 0.05) is 19.1 Å². The molecule has 1 aliphatic heterocycles. The summed E-state index contributed by atoms with van der Waals surface area (Å²) in [6, 6.07) is 6.01. The van der Waals surface area contributed by atoms with Gasteiger partial charge in [0.1, 0.15) is 5.75 Å². The molecule has 124 valence electrons. The Hall–Kier alpha value is -1.16. The molecule has 2 rings (SSSR count). The highest BCUT2D eigenvalue weighted by molar-refractivity contribution is 7.89. The van der Waals surface area contributed by atoms with Crippen LogP contribution in [0.2, 0.25) is 0 Å². The molecule has 0 saturated carbocycles. The number of ether oxygens (including phenoxy) is 1. The molecule has 0 aliphatic carbocycles. The van der Waals surface area contributed by atoms with Crippen molar-refractivity contribution in [3.63, 3.8) is 0 Å². The molecule has 0 amide bonds. The lowest BCUT2D eigenvalue weighted by molar-refractivity contribution is 0.309. The van der Waals surface area contributed by atoms with Gasteiger partial charge in [0.05, 0.1) is 18.3 Å². The van der Waals surface area contributed by atoms with Crippen LogP contribution in [0.25, 0.3) is 0 Å². The van der Waals surface area contributed by atoms with Gasteiger partial charge in [-0.2, -0.15) is 4.31 Å². The molecule has 0 atom stereocenters. The summed E-state index contributed by atoms with van der Waals surface area (Å²) in [5.41, 5.74) is 0. The Labute approximate surface area is 131 Å². The lowest BCUT2D eigenvalue weighted by Crippen LogP contribution is -2.46. The number of hydrogen-bond donors (Lipinski definition) is 1. The van der Waals surface area contributed by atoms with Crippen LogP contribution in [0.4, 0.5) is 0 Å². The molecule has 1 N–H and O–H groups in total. The molecule has 1 aliphatic rings. The van der Waals surface area contributed by atoms with Crippen LogP contribution in [0.1, 0.15) is 12.8 Å². The van der Waals surface area contributed by atoms with E-state index in [1.54, 1.807) is 12.1 Å². The summed E-state index contributed by atoms with van der Waals surface area (Å²) in [6.45, 7) is 0.586. The minimum absolute atomic E-state index is 0.211. The quantitative estimate of drug-likeness (QED) is 0.831. The van der Waals surface area contributed by atoms with E-state index in [-0.39, 0.29) is 10.9 Å². The first-order valence-electron chi connectivity index (χ1n) is 6.84. The van der Waals surface area contributed by atoms with Gasteiger partial charge >= 0.3 is 0 Å². The van der Waals surface area contributed by atoms with Crippen molar-refractivity contribution < 1.29 is 21.6 Å². The van der Waals surface area contributed by atoms with Crippen molar-refractivity contribution in [3.8, 4) is 5.75 Å². The summed E-state index contributed by atoms with van der Waals surface area (Å²) in [5, 5.41) is 0. The predicted octanol–water partition coefficient (Wildman–Crippen LogP) is 0.398. The highest BCUT2D eigenvalue weighted by Crippen LogP contribution is 2.22. The number of nitrogens with zero attached hydrogens (tertiary/aromatic N) is 1. The molecule has 1 aromatic rings. The van der Waals surface area contributed by atoms with Crippen LogP contribution >= 0.6 is 0 Å². The Bertz CT molecular complexity index is 705. The van der Waals surface area contributed by atoms with Gasteiger partial charge in [-0.25, -0.2) is 21.6 Å². The lowest BCUT2D eigenvalue weighted by Gasteiger charge is -2.31. The van der Waals surface area contributed by atoms with Crippen LogP contribution in [-0.2, 0) is 20.0 Å². The van der Waals surface area contributed by atoms with Gasteiger partial charge < -0.3 is 4.74 Å². The van der Waals surface area contributed by atoms with Crippen molar-refractivity contribution in [3.05, 3.63) is 24.3 Å². The Morgan fingerprint density at radius 2 is 1.64 bits per heavy atom. The topological polar surface area (TPSA) is 92.8 Å². The maximum Gasteiger partial charge on any atom is 0.243 e. The van der Waals surface area contributed by atoms with Crippen LogP contribution in [0.5, 0.6) is 5.75 Å². The summed E-state index contributed by atoms with van der Waals surface area (Å²) in [5.74, 6) is 0.593. The molecule has 1 heterocycles. The number of nitrogens with one attached hydrogen (secondary N) is 1. The van der Waals surface area contributed by atoms with Gasteiger partial charge in [0.15, 0.2) is 0 Å². The second kappa shape index (κ2) is 6.53. The summed E-state index contributed by atoms with van der Waals surface area (Å²) in [6.07, 6.45) is 2.03. The van der Waals surface area contributed by atoms with Crippen LogP contribution < -0.4 is 9.46 Å². The van der Waals surface area contributed by atoms with Crippen LogP contribution in [0.3, 0.4) is 0 Å². The van der Waals surface area contributed by atoms with Gasteiger partial charge in [-0.05, 0) is 37.1 Å². The van der Waals surface area contributed by atoms with Crippen LogP contribution in [0.15, 0.2) is 29.2 Å². The molecule has 7 nitrogen and oxygen atoms in total. The first kappa shape index (κ1) is 17.2. The molecule has 22 heavy (non-hydrogen) atoms. The van der Waals surface area contributed by atoms with Crippen LogP contribution in [0, 0.1) is 0 Å². The third kappa shape index (κ3) is 4.19. The second-order valence-electron chi connectivity index (χ2n) is 5.24. The first-order valence-corrected chi connectivity index (χ1v) is 10.2. The minimum Gasteiger partial charge on any atom is -0.497 e. The van der Waals surface area contributed by atoms with E-state index in [0.29, 0.717) is 31.7 Å². The molecule has 1 saturated heterocycles. The van der Waals surface area contributed by atoms with Crippen molar-refractivity contribution in [1.82, 2.24) is 9.03 Å². The molecule has 0 bridgehead atoms. The Balaban J connectivity index is 2.05. The lowest BCUT2D eigenvalue weighted by atomic mass is 10.1. The fourth-order valence-electron chi connectivity index (χ4n) is 2.41.